The van der Waals surface area contributed by atoms with Gasteiger partial charge in [-0.3, -0.25) is 9.59 Å². The van der Waals surface area contributed by atoms with Crippen molar-refractivity contribution in [1.82, 2.24) is 9.47 Å². The van der Waals surface area contributed by atoms with E-state index in [2.05, 4.69) is 6.92 Å². The first-order chi connectivity index (χ1) is 10.5. The Morgan fingerprint density at radius 3 is 2.68 bits per heavy atom. The Morgan fingerprint density at radius 1 is 1.27 bits per heavy atom. The van der Waals surface area contributed by atoms with Crippen molar-refractivity contribution in [2.24, 2.45) is 5.92 Å². The molecule has 1 aromatic rings. The highest BCUT2D eigenvalue weighted by Gasteiger charge is 2.20. The SMILES string of the molecule is CCCC1CCCN(C(=O)CCn2c(C)c(C)sc2=O)CC1. The number of thiazole rings is 1. The predicted octanol–water partition coefficient (Wildman–Crippen LogP) is 3.35. The van der Waals surface area contributed by atoms with Crippen LogP contribution in [0, 0.1) is 19.8 Å². The third kappa shape index (κ3) is 4.22. The fourth-order valence-corrected chi connectivity index (χ4v) is 4.18. The second-order valence-electron chi connectivity index (χ2n) is 6.38. The van der Waals surface area contributed by atoms with Crippen molar-refractivity contribution in [2.75, 3.05) is 13.1 Å². The highest BCUT2D eigenvalue weighted by Crippen LogP contribution is 2.22. The van der Waals surface area contributed by atoms with Gasteiger partial charge in [-0.2, -0.15) is 0 Å². The largest absolute Gasteiger partial charge is 0.343 e. The number of carbonyl (C=O) groups is 1. The molecule has 124 valence electrons. The molecular weight excluding hydrogens is 296 g/mol. The van der Waals surface area contributed by atoms with E-state index >= 15 is 0 Å². The predicted molar refractivity (Wildman–Crippen MR) is 91.5 cm³/mol. The maximum atomic E-state index is 12.4. The molecule has 0 radical (unpaired) electrons. The van der Waals surface area contributed by atoms with Crippen LogP contribution in [0.5, 0.6) is 0 Å². The Hall–Kier alpha value is -1.10. The van der Waals surface area contributed by atoms with Gasteiger partial charge in [0.2, 0.25) is 5.91 Å². The molecule has 0 spiro atoms. The summed E-state index contributed by atoms with van der Waals surface area (Å²) in [6, 6.07) is 0. The van der Waals surface area contributed by atoms with Gasteiger partial charge >= 0.3 is 4.87 Å². The molecular formula is C17H28N2O2S. The van der Waals surface area contributed by atoms with Gasteiger partial charge in [-0.1, -0.05) is 31.1 Å². The molecule has 1 amide bonds. The molecule has 22 heavy (non-hydrogen) atoms. The summed E-state index contributed by atoms with van der Waals surface area (Å²) in [6.45, 7) is 8.44. The quantitative estimate of drug-likeness (QED) is 0.833. The summed E-state index contributed by atoms with van der Waals surface area (Å²) in [6.07, 6.45) is 6.46. The van der Waals surface area contributed by atoms with Crippen molar-refractivity contribution in [1.29, 1.82) is 0 Å². The smallest absolute Gasteiger partial charge is 0.307 e. The summed E-state index contributed by atoms with van der Waals surface area (Å²) in [5, 5.41) is 0. The average molecular weight is 324 g/mol. The minimum atomic E-state index is 0.0571. The molecule has 4 nitrogen and oxygen atoms in total. The van der Waals surface area contributed by atoms with Gasteiger partial charge < -0.3 is 9.47 Å². The van der Waals surface area contributed by atoms with E-state index in [0.29, 0.717) is 13.0 Å². The Balaban J connectivity index is 1.88. The van der Waals surface area contributed by atoms with Crippen LogP contribution in [0.25, 0.3) is 0 Å². The van der Waals surface area contributed by atoms with Crippen molar-refractivity contribution in [2.45, 2.75) is 65.8 Å². The Labute approximate surface area is 137 Å². The van der Waals surface area contributed by atoms with Crippen molar-refractivity contribution >= 4 is 17.2 Å². The van der Waals surface area contributed by atoms with Crippen molar-refractivity contribution < 1.29 is 4.79 Å². The van der Waals surface area contributed by atoms with Crippen LogP contribution >= 0.6 is 11.3 Å². The first kappa shape index (κ1) is 17.3. The Bertz CT molecular complexity index is 561. The number of hydrogen-bond acceptors (Lipinski definition) is 3. The highest BCUT2D eigenvalue weighted by molar-refractivity contribution is 7.09. The average Bonchev–Trinajstić information content (AvgIpc) is 2.67. The molecule has 1 aliphatic heterocycles. The van der Waals surface area contributed by atoms with Gasteiger partial charge in [0.1, 0.15) is 0 Å². The summed E-state index contributed by atoms with van der Waals surface area (Å²) < 4.78 is 1.75. The molecule has 2 rings (SSSR count). The topological polar surface area (TPSA) is 42.3 Å². The lowest BCUT2D eigenvalue weighted by atomic mass is 9.96. The van der Waals surface area contributed by atoms with Gasteiger partial charge in [0.25, 0.3) is 0 Å². The summed E-state index contributed by atoms with van der Waals surface area (Å²) in [5.74, 6) is 0.986. The van der Waals surface area contributed by atoms with Crippen molar-refractivity contribution in [3.8, 4) is 0 Å². The molecule has 0 saturated carbocycles. The summed E-state index contributed by atoms with van der Waals surface area (Å²) >= 11 is 1.27. The second-order valence-corrected chi connectivity index (χ2v) is 7.54. The molecule has 1 aliphatic rings. The lowest BCUT2D eigenvalue weighted by Crippen LogP contribution is -2.33. The van der Waals surface area contributed by atoms with Crippen LogP contribution < -0.4 is 4.87 Å². The normalized spacial score (nSPS) is 19.2. The van der Waals surface area contributed by atoms with Crippen molar-refractivity contribution in [3.05, 3.63) is 20.2 Å². The van der Waals surface area contributed by atoms with Crippen LogP contribution in [-0.4, -0.2) is 28.5 Å². The zero-order valence-corrected chi connectivity index (χ0v) is 14.9. The van der Waals surface area contributed by atoms with Crippen LogP contribution in [0.4, 0.5) is 0 Å². The van der Waals surface area contributed by atoms with Gasteiger partial charge in [-0.05, 0) is 39.0 Å². The number of aromatic nitrogens is 1. The fraction of sp³-hybridized carbons (Fsp3) is 0.765. The third-order valence-corrected chi connectivity index (χ3v) is 5.82. The Morgan fingerprint density at radius 2 is 2.05 bits per heavy atom. The van der Waals surface area contributed by atoms with E-state index in [1.165, 1.54) is 30.6 Å². The number of rotatable bonds is 5. The van der Waals surface area contributed by atoms with Crippen LogP contribution in [0.15, 0.2) is 4.79 Å². The maximum Gasteiger partial charge on any atom is 0.307 e. The summed E-state index contributed by atoms with van der Waals surface area (Å²) in [4.78, 5) is 27.4. The Kier molecular flexibility index (Phi) is 6.24. The van der Waals surface area contributed by atoms with Gasteiger partial charge in [0.15, 0.2) is 0 Å². The number of amides is 1. The van der Waals surface area contributed by atoms with E-state index in [1.807, 2.05) is 18.7 Å². The lowest BCUT2D eigenvalue weighted by Gasteiger charge is -2.21. The number of nitrogens with zero attached hydrogens (tertiary/aromatic N) is 2. The number of aryl methyl sites for hydroxylation is 1. The van der Waals surface area contributed by atoms with Crippen LogP contribution in [0.2, 0.25) is 0 Å². The van der Waals surface area contributed by atoms with Crippen LogP contribution in [-0.2, 0) is 11.3 Å². The van der Waals surface area contributed by atoms with Gasteiger partial charge in [-0.25, -0.2) is 0 Å². The molecule has 2 heterocycles. The highest BCUT2D eigenvalue weighted by atomic mass is 32.1. The molecule has 1 saturated heterocycles. The molecule has 5 heteroatoms. The standard InChI is InChI=1S/C17H28N2O2S/c1-4-6-15-7-5-10-18(11-8-15)16(20)9-12-19-13(2)14(3)22-17(19)21/h15H,4-12H2,1-3H3. The molecule has 0 aliphatic carbocycles. The monoisotopic (exact) mass is 324 g/mol. The summed E-state index contributed by atoms with van der Waals surface area (Å²) in [5.41, 5.74) is 1.00. The minimum Gasteiger partial charge on any atom is -0.343 e. The molecule has 0 N–H and O–H groups in total. The molecule has 1 fully saturated rings. The third-order valence-electron chi connectivity index (χ3n) is 4.82. The molecule has 0 aromatic carbocycles. The van der Waals surface area contributed by atoms with E-state index in [0.717, 1.165) is 42.4 Å². The van der Waals surface area contributed by atoms with Gasteiger partial charge in [0, 0.05) is 36.6 Å². The van der Waals surface area contributed by atoms with E-state index < -0.39 is 0 Å². The molecule has 1 unspecified atom stereocenters. The van der Waals surface area contributed by atoms with E-state index in [1.54, 1.807) is 4.57 Å². The fourth-order valence-electron chi connectivity index (χ4n) is 3.32. The number of likely N-dealkylation sites (tertiary alicyclic amines) is 1. The zero-order valence-electron chi connectivity index (χ0n) is 14.1. The molecule has 1 aromatic heterocycles. The first-order valence-corrected chi connectivity index (χ1v) is 9.29. The zero-order chi connectivity index (χ0) is 16.1. The minimum absolute atomic E-state index is 0.0571. The number of hydrogen-bond donors (Lipinski definition) is 0. The lowest BCUT2D eigenvalue weighted by molar-refractivity contribution is -0.131. The van der Waals surface area contributed by atoms with Crippen LogP contribution in [0.3, 0.4) is 0 Å². The van der Waals surface area contributed by atoms with Crippen LogP contribution in [0.1, 0.15) is 56.0 Å². The van der Waals surface area contributed by atoms with E-state index in [4.69, 9.17) is 0 Å². The van der Waals surface area contributed by atoms with E-state index in [9.17, 15) is 9.59 Å². The van der Waals surface area contributed by atoms with Gasteiger partial charge in [0.05, 0.1) is 0 Å². The van der Waals surface area contributed by atoms with Crippen molar-refractivity contribution in [3.63, 3.8) is 0 Å². The van der Waals surface area contributed by atoms with E-state index in [-0.39, 0.29) is 10.8 Å². The summed E-state index contributed by atoms with van der Waals surface area (Å²) in [7, 11) is 0. The molecule has 1 atom stereocenters. The van der Waals surface area contributed by atoms with Gasteiger partial charge in [-0.15, -0.1) is 0 Å². The first-order valence-electron chi connectivity index (χ1n) is 8.47. The number of carbonyl (C=O) groups excluding carboxylic acids is 1. The maximum absolute atomic E-state index is 12.4. The molecule has 0 bridgehead atoms. The second kappa shape index (κ2) is 7.95.